The Bertz CT molecular complexity index is 681. The third-order valence-corrected chi connectivity index (χ3v) is 3.27. The third kappa shape index (κ3) is 5.53. The molecular formula is C12H14N2O6S. The molecular weight excluding hydrogens is 300 g/mol. The predicted octanol–water partition coefficient (Wildman–Crippen LogP) is 1.11. The number of rotatable bonds is 5. The molecule has 9 heteroatoms. The molecule has 21 heavy (non-hydrogen) atoms. The van der Waals surface area contributed by atoms with Gasteiger partial charge in [0.25, 0.3) is 0 Å². The fourth-order valence-electron chi connectivity index (χ4n) is 1.42. The number of aryl methyl sites for hydroxylation is 1. The van der Waals surface area contributed by atoms with Gasteiger partial charge in [-0.15, -0.1) is 0 Å². The topological polar surface area (TPSA) is 122 Å². The van der Waals surface area contributed by atoms with Crippen molar-refractivity contribution in [2.75, 3.05) is 11.8 Å². The lowest BCUT2D eigenvalue weighted by molar-refractivity contribution is -0.131. The molecule has 3 N–H and O–H groups in total. The van der Waals surface area contributed by atoms with Gasteiger partial charge in [-0.3, -0.25) is 4.72 Å². The molecule has 0 aromatic heterocycles. The van der Waals surface area contributed by atoms with E-state index in [-0.39, 0.29) is 5.69 Å². The van der Waals surface area contributed by atoms with Gasteiger partial charge in [-0.1, -0.05) is 6.07 Å². The van der Waals surface area contributed by atoms with Crippen LogP contribution >= 0.6 is 0 Å². The number of aliphatic carboxylic acids is 1. The van der Waals surface area contributed by atoms with Gasteiger partial charge in [-0.25, -0.2) is 14.3 Å². The molecule has 114 valence electrons. The van der Waals surface area contributed by atoms with Crippen molar-refractivity contribution in [1.29, 1.82) is 0 Å². The van der Waals surface area contributed by atoms with Gasteiger partial charge in [0.1, 0.15) is 0 Å². The summed E-state index contributed by atoms with van der Waals surface area (Å²) in [7, 11) is -3.05. The number of ether oxygens (including phenoxy) is 1. The Labute approximate surface area is 121 Å². The van der Waals surface area contributed by atoms with Crippen molar-refractivity contribution >= 4 is 34.0 Å². The maximum Gasteiger partial charge on any atom is 0.422 e. The largest absolute Gasteiger partial charge is 0.478 e. The van der Waals surface area contributed by atoms with Gasteiger partial charge in [0.05, 0.1) is 12.8 Å². The first-order valence-corrected chi connectivity index (χ1v) is 7.12. The fraction of sp³-hybridized carbons (Fsp3) is 0.167. The highest BCUT2D eigenvalue weighted by molar-refractivity contribution is 7.91. The van der Waals surface area contributed by atoms with Gasteiger partial charge in [-0.05, 0) is 36.3 Å². The molecule has 0 fully saturated rings. The summed E-state index contributed by atoms with van der Waals surface area (Å²) in [5, 5.41) is 8.55. The Balaban J connectivity index is 2.90. The Morgan fingerprint density at radius 3 is 2.52 bits per heavy atom. The minimum Gasteiger partial charge on any atom is -0.478 e. The third-order valence-electron chi connectivity index (χ3n) is 2.33. The van der Waals surface area contributed by atoms with Crippen LogP contribution in [-0.2, 0) is 19.7 Å². The SMILES string of the molecule is COC(=O)NS(=O)(=O)Nc1ccc(/C=C/C(=O)O)c(C)c1. The average Bonchev–Trinajstić information content (AvgIpc) is 2.36. The molecule has 0 spiro atoms. The van der Waals surface area contributed by atoms with E-state index in [1.54, 1.807) is 17.7 Å². The quantitative estimate of drug-likeness (QED) is 0.700. The number of hydrogen-bond acceptors (Lipinski definition) is 5. The van der Waals surface area contributed by atoms with Crippen LogP contribution in [0.2, 0.25) is 0 Å². The summed E-state index contributed by atoms with van der Waals surface area (Å²) in [4.78, 5) is 21.3. The lowest BCUT2D eigenvalue weighted by atomic mass is 10.1. The minimum absolute atomic E-state index is 0.219. The normalized spacial score (nSPS) is 11.1. The monoisotopic (exact) mass is 314 g/mol. The van der Waals surface area contributed by atoms with E-state index in [4.69, 9.17) is 5.11 Å². The summed E-state index contributed by atoms with van der Waals surface area (Å²) in [5.41, 5.74) is 1.50. The zero-order valence-electron chi connectivity index (χ0n) is 11.3. The van der Waals surface area contributed by atoms with Gasteiger partial charge in [0, 0.05) is 6.08 Å². The van der Waals surface area contributed by atoms with Crippen LogP contribution in [-0.4, -0.2) is 32.7 Å². The lowest BCUT2D eigenvalue weighted by Crippen LogP contribution is -2.35. The summed E-state index contributed by atoms with van der Waals surface area (Å²) in [6, 6.07) is 4.48. The van der Waals surface area contributed by atoms with Crippen molar-refractivity contribution in [3.05, 3.63) is 35.4 Å². The zero-order valence-corrected chi connectivity index (χ0v) is 12.1. The second kappa shape index (κ2) is 6.75. The Morgan fingerprint density at radius 2 is 2.00 bits per heavy atom. The fourth-order valence-corrected chi connectivity index (χ4v) is 2.21. The molecule has 1 amide bonds. The van der Waals surface area contributed by atoms with Crippen molar-refractivity contribution in [2.45, 2.75) is 6.92 Å². The summed E-state index contributed by atoms with van der Waals surface area (Å²) in [6.07, 6.45) is 1.26. The van der Waals surface area contributed by atoms with Gasteiger partial charge in [0.2, 0.25) is 0 Å². The van der Waals surface area contributed by atoms with E-state index in [1.165, 1.54) is 18.2 Å². The van der Waals surface area contributed by atoms with E-state index in [0.717, 1.165) is 13.2 Å². The predicted molar refractivity (Wildman–Crippen MR) is 75.9 cm³/mol. The Hall–Kier alpha value is -2.55. The molecule has 1 rings (SSSR count). The Morgan fingerprint density at radius 1 is 1.33 bits per heavy atom. The van der Waals surface area contributed by atoms with Crippen molar-refractivity contribution < 1.29 is 27.9 Å². The molecule has 0 heterocycles. The average molecular weight is 314 g/mol. The summed E-state index contributed by atoms with van der Waals surface area (Å²) in [6.45, 7) is 1.69. The van der Waals surface area contributed by atoms with Crippen LogP contribution in [0.15, 0.2) is 24.3 Å². The van der Waals surface area contributed by atoms with Crippen molar-refractivity contribution in [3.8, 4) is 0 Å². The molecule has 8 nitrogen and oxygen atoms in total. The van der Waals surface area contributed by atoms with Crippen molar-refractivity contribution in [1.82, 2.24) is 4.72 Å². The highest BCUT2D eigenvalue weighted by atomic mass is 32.2. The van der Waals surface area contributed by atoms with Crippen LogP contribution < -0.4 is 9.44 Å². The molecule has 1 aromatic rings. The van der Waals surface area contributed by atoms with Crippen molar-refractivity contribution in [3.63, 3.8) is 0 Å². The van der Waals surface area contributed by atoms with E-state index in [0.29, 0.717) is 11.1 Å². The first-order valence-electron chi connectivity index (χ1n) is 5.63. The second-order valence-corrected chi connectivity index (χ2v) is 5.36. The van der Waals surface area contributed by atoms with Crippen LogP contribution in [0.3, 0.4) is 0 Å². The van der Waals surface area contributed by atoms with Crippen LogP contribution in [0.25, 0.3) is 6.08 Å². The van der Waals surface area contributed by atoms with Crippen molar-refractivity contribution in [2.24, 2.45) is 0 Å². The van der Waals surface area contributed by atoms with Gasteiger partial charge < -0.3 is 9.84 Å². The van der Waals surface area contributed by atoms with Gasteiger partial charge in [0.15, 0.2) is 0 Å². The highest BCUT2D eigenvalue weighted by Crippen LogP contribution is 2.17. The molecule has 0 saturated carbocycles. The first-order chi connectivity index (χ1) is 9.73. The van der Waals surface area contributed by atoms with E-state index in [2.05, 4.69) is 9.46 Å². The number of nitrogens with one attached hydrogen (secondary N) is 2. The molecule has 0 bridgehead atoms. The second-order valence-electron chi connectivity index (χ2n) is 3.94. The Kier molecular flexibility index (Phi) is 5.30. The number of carbonyl (C=O) groups excluding carboxylic acids is 1. The van der Waals surface area contributed by atoms with Gasteiger partial charge in [-0.2, -0.15) is 8.42 Å². The minimum atomic E-state index is -4.09. The number of methoxy groups -OCH3 is 1. The van der Waals surface area contributed by atoms with E-state index in [1.807, 2.05) is 0 Å². The number of carboxylic acid groups (broad SMARTS) is 1. The zero-order chi connectivity index (χ0) is 16.0. The molecule has 1 aromatic carbocycles. The number of anilines is 1. The molecule has 0 aliphatic rings. The summed E-state index contributed by atoms with van der Waals surface area (Å²) >= 11 is 0. The van der Waals surface area contributed by atoms with E-state index in [9.17, 15) is 18.0 Å². The maximum absolute atomic E-state index is 11.6. The summed E-state index contributed by atoms with van der Waals surface area (Å²) < 4.78 is 31.1. The van der Waals surface area contributed by atoms with Gasteiger partial charge >= 0.3 is 22.3 Å². The summed E-state index contributed by atoms with van der Waals surface area (Å²) in [5.74, 6) is -1.08. The first kappa shape index (κ1) is 16.5. The number of carbonyl (C=O) groups is 2. The van der Waals surface area contributed by atoms with Crippen LogP contribution in [0.4, 0.5) is 10.5 Å². The smallest absolute Gasteiger partial charge is 0.422 e. The molecule has 0 radical (unpaired) electrons. The number of amides is 1. The van der Waals surface area contributed by atoms with Crippen LogP contribution in [0, 0.1) is 6.92 Å². The van der Waals surface area contributed by atoms with E-state index >= 15 is 0 Å². The number of benzene rings is 1. The standard InChI is InChI=1S/C12H14N2O6S/c1-8-7-10(5-3-9(8)4-6-11(15)16)13-21(18,19)14-12(17)20-2/h3-7,13H,1-2H3,(H,14,17)(H,15,16)/b6-4+. The van der Waals surface area contributed by atoms with Crippen LogP contribution in [0.1, 0.15) is 11.1 Å². The molecule has 0 saturated heterocycles. The maximum atomic E-state index is 11.6. The molecule has 0 aliphatic heterocycles. The molecule has 0 aliphatic carbocycles. The number of carboxylic acids is 1. The number of hydrogen-bond donors (Lipinski definition) is 3. The molecule has 0 unspecified atom stereocenters. The molecule has 0 atom stereocenters. The van der Waals surface area contributed by atoms with E-state index < -0.39 is 22.3 Å². The van der Waals surface area contributed by atoms with Crippen LogP contribution in [0.5, 0.6) is 0 Å². The highest BCUT2D eigenvalue weighted by Gasteiger charge is 2.14. The lowest BCUT2D eigenvalue weighted by Gasteiger charge is -2.10.